The number of nitrogens with one attached hydrogen (secondary N) is 1. The number of fused-ring (bicyclic) bond motifs is 2. The fourth-order valence-corrected chi connectivity index (χ4v) is 5.67. The molecule has 0 aliphatic carbocycles. The van der Waals surface area contributed by atoms with E-state index in [1.165, 1.54) is 14.0 Å². The van der Waals surface area contributed by atoms with Crippen LogP contribution in [0.25, 0.3) is 10.9 Å². The number of ether oxygens (including phenoxy) is 3. The summed E-state index contributed by atoms with van der Waals surface area (Å²) in [6.07, 6.45) is -0.494. The lowest BCUT2D eigenvalue weighted by Crippen LogP contribution is -2.34. The minimum atomic E-state index is -1.20. The minimum Gasteiger partial charge on any atom is -0.465 e. The van der Waals surface area contributed by atoms with E-state index in [0.29, 0.717) is 35.0 Å². The van der Waals surface area contributed by atoms with Crippen molar-refractivity contribution in [3.63, 3.8) is 0 Å². The largest absolute Gasteiger partial charge is 0.465 e. The van der Waals surface area contributed by atoms with E-state index in [1.807, 2.05) is 24.3 Å². The van der Waals surface area contributed by atoms with Crippen molar-refractivity contribution in [3.05, 3.63) is 57.1 Å². The van der Waals surface area contributed by atoms with E-state index in [2.05, 4.69) is 17.1 Å². The third-order valence-corrected chi connectivity index (χ3v) is 7.85. The molecule has 1 atom stereocenters. The fourth-order valence-electron chi connectivity index (χ4n) is 4.58. The van der Waals surface area contributed by atoms with Crippen LogP contribution in [-0.4, -0.2) is 66.6 Å². The predicted octanol–water partition coefficient (Wildman–Crippen LogP) is 4.13. The summed E-state index contributed by atoms with van der Waals surface area (Å²) in [6.45, 7) is 9.14. The van der Waals surface area contributed by atoms with Gasteiger partial charge < -0.3 is 19.5 Å². The molecule has 1 aromatic carbocycles. The van der Waals surface area contributed by atoms with Crippen molar-refractivity contribution in [2.75, 3.05) is 32.1 Å². The third-order valence-electron chi connectivity index (χ3n) is 6.66. The highest BCUT2D eigenvalue weighted by Crippen LogP contribution is 2.35. The number of likely N-dealkylation sites (N-methyl/N-ethyl adjacent to an activating group) is 1. The van der Waals surface area contributed by atoms with Gasteiger partial charge >= 0.3 is 17.9 Å². The smallest absolute Gasteiger partial charge is 0.348 e. The first kappa shape index (κ1) is 28.2. The van der Waals surface area contributed by atoms with Gasteiger partial charge in [0.05, 0.1) is 30.4 Å². The van der Waals surface area contributed by atoms with Crippen LogP contribution in [-0.2, 0) is 32.0 Å². The molecule has 0 fully saturated rings. The first-order valence-electron chi connectivity index (χ1n) is 12.7. The first-order chi connectivity index (χ1) is 18.7. The average Bonchev–Trinajstić information content (AvgIpc) is 3.26. The van der Waals surface area contributed by atoms with Gasteiger partial charge in [0, 0.05) is 36.2 Å². The first-order valence-corrected chi connectivity index (χ1v) is 13.5. The molecule has 3 heterocycles. The van der Waals surface area contributed by atoms with Crippen molar-refractivity contribution >= 4 is 51.1 Å². The van der Waals surface area contributed by atoms with E-state index in [1.54, 1.807) is 13.8 Å². The highest BCUT2D eigenvalue weighted by Gasteiger charge is 2.31. The van der Waals surface area contributed by atoms with E-state index < -0.39 is 29.9 Å². The molecule has 0 radical (unpaired) electrons. The molecule has 2 aromatic heterocycles. The summed E-state index contributed by atoms with van der Waals surface area (Å²) in [4.78, 5) is 58.7. The third kappa shape index (κ3) is 5.64. The lowest BCUT2D eigenvalue weighted by atomic mass is 9.95. The molecule has 39 heavy (non-hydrogen) atoms. The van der Waals surface area contributed by atoms with Crippen molar-refractivity contribution < 1.29 is 33.4 Å². The Morgan fingerprint density at radius 3 is 2.54 bits per heavy atom. The maximum Gasteiger partial charge on any atom is 0.348 e. The molecule has 1 aliphatic heterocycles. The van der Waals surface area contributed by atoms with Crippen LogP contribution in [0.1, 0.15) is 68.0 Å². The number of carbonyl (C=O) groups is 4. The quantitative estimate of drug-likeness (QED) is 0.324. The number of carbonyl (C=O) groups excluding carboxylic acids is 4. The molecule has 3 aromatic rings. The number of thiophene rings is 1. The van der Waals surface area contributed by atoms with E-state index in [9.17, 15) is 19.2 Å². The van der Waals surface area contributed by atoms with Gasteiger partial charge in [0.25, 0.3) is 5.91 Å². The lowest BCUT2D eigenvalue weighted by molar-refractivity contribution is -0.123. The van der Waals surface area contributed by atoms with Crippen LogP contribution in [0.4, 0.5) is 5.00 Å². The number of para-hydroxylation sites is 1. The van der Waals surface area contributed by atoms with Gasteiger partial charge in [-0.3, -0.25) is 14.7 Å². The second-order valence-corrected chi connectivity index (χ2v) is 10.1. The van der Waals surface area contributed by atoms with Gasteiger partial charge in [0.15, 0.2) is 6.10 Å². The zero-order chi connectivity index (χ0) is 28.3. The number of hydrogen-bond donors (Lipinski definition) is 1. The molecule has 1 aliphatic rings. The summed E-state index contributed by atoms with van der Waals surface area (Å²) >= 11 is 0.900. The predicted molar refractivity (Wildman–Crippen MR) is 146 cm³/mol. The average molecular weight is 554 g/mol. The summed E-state index contributed by atoms with van der Waals surface area (Å²) in [5.74, 6) is -2.61. The van der Waals surface area contributed by atoms with E-state index in [0.717, 1.165) is 35.7 Å². The number of anilines is 1. The number of nitrogens with zero attached hydrogens (tertiary/aromatic N) is 2. The van der Waals surface area contributed by atoms with Crippen molar-refractivity contribution in [2.45, 2.75) is 46.8 Å². The summed E-state index contributed by atoms with van der Waals surface area (Å²) in [7, 11) is 1.21. The highest BCUT2D eigenvalue weighted by atomic mass is 32.1. The van der Waals surface area contributed by atoms with Crippen LogP contribution in [0, 0.1) is 6.92 Å². The van der Waals surface area contributed by atoms with Crippen molar-refractivity contribution in [1.29, 1.82) is 0 Å². The molecule has 0 bridgehead atoms. The Morgan fingerprint density at radius 2 is 1.85 bits per heavy atom. The van der Waals surface area contributed by atoms with Gasteiger partial charge in [0.2, 0.25) is 0 Å². The van der Waals surface area contributed by atoms with E-state index in [-0.39, 0.29) is 22.0 Å². The number of benzene rings is 1. The number of rotatable bonds is 8. The van der Waals surface area contributed by atoms with Crippen LogP contribution < -0.4 is 5.32 Å². The van der Waals surface area contributed by atoms with Gasteiger partial charge in [-0.15, -0.1) is 11.3 Å². The van der Waals surface area contributed by atoms with Crippen LogP contribution >= 0.6 is 11.3 Å². The monoisotopic (exact) mass is 553 g/mol. The van der Waals surface area contributed by atoms with Crippen molar-refractivity contribution in [1.82, 2.24) is 9.88 Å². The second kappa shape index (κ2) is 11.9. The molecule has 11 heteroatoms. The van der Waals surface area contributed by atoms with Gasteiger partial charge in [-0.05, 0) is 38.9 Å². The number of methoxy groups -OCH3 is 1. The molecule has 0 spiro atoms. The van der Waals surface area contributed by atoms with Crippen LogP contribution in [0.3, 0.4) is 0 Å². The minimum absolute atomic E-state index is 0.0475. The molecule has 206 valence electrons. The Bertz CT molecular complexity index is 1450. The standard InChI is InChI=1S/C28H31N3O7S/c1-6-31-13-12-20-18(14-31)22(17-10-8-9-11-19(17)29-20)27(34)38-16(4)24(32)30-25-21(26(33)36-5)15(3)23(39-25)28(35)37-7-2/h8-11,16H,6-7,12-14H2,1-5H3,(H,30,32). The Balaban J connectivity index is 1.61. The van der Waals surface area contributed by atoms with Crippen molar-refractivity contribution in [2.24, 2.45) is 0 Å². The number of hydrogen-bond acceptors (Lipinski definition) is 10. The van der Waals surface area contributed by atoms with Crippen LogP contribution in [0.5, 0.6) is 0 Å². The molecule has 0 saturated carbocycles. The van der Waals surface area contributed by atoms with Gasteiger partial charge in [-0.1, -0.05) is 25.1 Å². The fraction of sp³-hybridized carbons (Fsp3) is 0.393. The van der Waals surface area contributed by atoms with Gasteiger partial charge in [-0.25, -0.2) is 14.4 Å². The molecular formula is C28H31N3O7S. The molecule has 1 amide bonds. The van der Waals surface area contributed by atoms with Gasteiger partial charge in [-0.2, -0.15) is 0 Å². The molecule has 1 unspecified atom stereocenters. The summed E-state index contributed by atoms with van der Waals surface area (Å²) in [5, 5.41) is 3.40. The summed E-state index contributed by atoms with van der Waals surface area (Å²) < 4.78 is 15.6. The van der Waals surface area contributed by atoms with E-state index >= 15 is 0 Å². The number of amides is 1. The maximum absolute atomic E-state index is 13.6. The number of pyridine rings is 1. The molecule has 4 rings (SSSR count). The molecule has 1 N–H and O–H groups in total. The normalized spacial score (nSPS) is 13.9. The van der Waals surface area contributed by atoms with Crippen molar-refractivity contribution in [3.8, 4) is 0 Å². The number of aromatic nitrogens is 1. The zero-order valence-corrected chi connectivity index (χ0v) is 23.4. The Kier molecular flexibility index (Phi) is 8.61. The van der Waals surface area contributed by atoms with Crippen LogP contribution in [0.2, 0.25) is 0 Å². The molecule has 10 nitrogen and oxygen atoms in total. The highest BCUT2D eigenvalue weighted by molar-refractivity contribution is 7.18. The Labute approximate surface area is 230 Å². The molecular weight excluding hydrogens is 522 g/mol. The Hall–Kier alpha value is -3.83. The summed E-state index contributed by atoms with van der Waals surface area (Å²) in [5.41, 5.74) is 3.13. The maximum atomic E-state index is 13.6. The Morgan fingerprint density at radius 1 is 1.10 bits per heavy atom. The zero-order valence-electron chi connectivity index (χ0n) is 22.6. The summed E-state index contributed by atoms with van der Waals surface area (Å²) in [6, 6.07) is 7.37. The second-order valence-electron chi connectivity index (χ2n) is 9.06. The number of esters is 3. The van der Waals surface area contributed by atoms with Crippen LogP contribution in [0.15, 0.2) is 24.3 Å². The lowest BCUT2D eigenvalue weighted by Gasteiger charge is -2.29. The van der Waals surface area contributed by atoms with E-state index in [4.69, 9.17) is 19.2 Å². The van der Waals surface area contributed by atoms with Gasteiger partial charge in [0.1, 0.15) is 9.88 Å². The molecule has 0 saturated heterocycles. The SMILES string of the molecule is CCOC(=O)c1sc(NC(=O)C(C)OC(=O)c2c3c(nc4ccccc24)CCN(CC)C3)c(C(=O)OC)c1C. The topological polar surface area (TPSA) is 124 Å².